The van der Waals surface area contributed by atoms with Crippen molar-refractivity contribution in [3.8, 4) is 5.75 Å². The van der Waals surface area contributed by atoms with Gasteiger partial charge in [0.2, 0.25) is 11.8 Å². The maximum absolute atomic E-state index is 14.0. The van der Waals surface area contributed by atoms with Crippen molar-refractivity contribution in [1.29, 1.82) is 0 Å². The van der Waals surface area contributed by atoms with Gasteiger partial charge in [-0.15, -0.1) is 0 Å². The number of benzene rings is 2. The van der Waals surface area contributed by atoms with E-state index in [0.717, 1.165) is 50.9 Å². The third kappa shape index (κ3) is 5.71. The molecule has 6 rings (SSSR count). The first-order valence-electron chi connectivity index (χ1n) is 15.7. The second kappa shape index (κ2) is 12.2. The monoisotopic (exact) mass is 568 g/mol. The van der Waals surface area contributed by atoms with Crippen LogP contribution in [0, 0.1) is 23.7 Å². The third-order valence-electron chi connectivity index (χ3n) is 9.93. The fraction of sp³-hybridized carbons (Fsp3) is 0.500. The summed E-state index contributed by atoms with van der Waals surface area (Å²) in [6.07, 6.45) is 6.19. The van der Waals surface area contributed by atoms with Crippen LogP contribution in [0.2, 0.25) is 0 Å². The number of aromatic hydroxyl groups is 1. The number of phenols is 1. The van der Waals surface area contributed by atoms with Crippen molar-refractivity contribution in [2.24, 2.45) is 23.7 Å². The van der Waals surface area contributed by atoms with Gasteiger partial charge < -0.3 is 9.84 Å². The fourth-order valence-electron chi connectivity index (χ4n) is 7.85. The molecule has 3 saturated heterocycles. The van der Waals surface area contributed by atoms with Gasteiger partial charge in [0.05, 0.1) is 24.5 Å². The largest absolute Gasteiger partial charge is 0.508 e. The number of rotatable bonds is 8. The van der Waals surface area contributed by atoms with Crippen LogP contribution in [0.4, 0.5) is 0 Å². The van der Waals surface area contributed by atoms with Crippen molar-refractivity contribution in [1.82, 2.24) is 9.80 Å². The van der Waals surface area contributed by atoms with E-state index in [1.807, 2.05) is 18.2 Å². The molecule has 1 N–H and O–H groups in total. The van der Waals surface area contributed by atoms with Crippen LogP contribution >= 0.6 is 0 Å². The molecule has 6 heteroatoms. The van der Waals surface area contributed by atoms with Crippen molar-refractivity contribution in [3.05, 3.63) is 82.4 Å². The summed E-state index contributed by atoms with van der Waals surface area (Å²) >= 11 is 0. The molecule has 4 aliphatic rings. The minimum absolute atomic E-state index is 0.00104. The Morgan fingerprint density at radius 3 is 2.50 bits per heavy atom. The predicted octanol–water partition coefficient (Wildman–Crippen LogP) is 6.21. The predicted molar refractivity (Wildman–Crippen MR) is 164 cm³/mol. The first-order chi connectivity index (χ1) is 20.3. The Balaban J connectivity index is 1.14. The Bertz CT molecular complexity index is 1370. The lowest BCUT2D eigenvalue weighted by Crippen LogP contribution is -2.47. The summed E-state index contributed by atoms with van der Waals surface area (Å²) < 4.78 is 6.43. The Kier molecular flexibility index (Phi) is 8.37. The molecule has 0 saturated carbocycles. The van der Waals surface area contributed by atoms with E-state index in [-0.39, 0.29) is 47.5 Å². The molecule has 0 bridgehead atoms. The summed E-state index contributed by atoms with van der Waals surface area (Å²) in [4.78, 5) is 32.0. The van der Waals surface area contributed by atoms with Crippen LogP contribution in [0.15, 0.2) is 71.3 Å². The number of hydrogen-bond acceptors (Lipinski definition) is 5. The van der Waals surface area contributed by atoms with Gasteiger partial charge in [0, 0.05) is 31.6 Å². The van der Waals surface area contributed by atoms with Crippen molar-refractivity contribution < 1.29 is 19.4 Å². The Hall–Kier alpha value is -3.22. The molecule has 2 amide bonds. The van der Waals surface area contributed by atoms with E-state index in [2.05, 4.69) is 56.0 Å². The summed E-state index contributed by atoms with van der Waals surface area (Å²) in [5, 5.41) is 9.81. The highest BCUT2D eigenvalue weighted by atomic mass is 16.5. The van der Waals surface area contributed by atoms with E-state index < -0.39 is 0 Å². The zero-order valence-corrected chi connectivity index (χ0v) is 25.2. The number of carbonyl (C=O) groups is 2. The van der Waals surface area contributed by atoms with E-state index in [1.165, 1.54) is 22.3 Å². The lowest BCUT2D eigenvalue weighted by atomic mass is 9.67. The first-order valence-corrected chi connectivity index (χ1v) is 15.7. The minimum Gasteiger partial charge on any atom is -0.508 e. The zero-order chi connectivity index (χ0) is 29.4. The quantitative estimate of drug-likeness (QED) is 0.303. The van der Waals surface area contributed by atoms with Crippen LogP contribution in [0.1, 0.15) is 64.0 Å². The molecule has 6 nitrogen and oxygen atoms in total. The van der Waals surface area contributed by atoms with Gasteiger partial charge in [-0.3, -0.25) is 19.4 Å². The number of carbonyl (C=O) groups excluding carboxylic acids is 2. The highest BCUT2D eigenvalue weighted by molar-refractivity contribution is 6.06. The standard InChI is InChI=1S/C36H44N2O4/c1-23(2)29-20-30-34(31-22-42-32(33(29)31)13-12-24(3)18-26-10-7-11-28(39)19-26)36(41)38(35(30)40)27-14-16-37(17-15-27)21-25-8-5-4-6-9-25/h4-11,18-19,23,27,30-32,34,39H,12-17,20-22H2,1-3H3/b24-18+/t30-,31+,32-,34-/m1/s1. The smallest absolute Gasteiger partial charge is 0.234 e. The summed E-state index contributed by atoms with van der Waals surface area (Å²) in [5.74, 6) is 0.144. The molecule has 4 atom stereocenters. The van der Waals surface area contributed by atoms with Crippen molar-refractivity contribution >= 4 is 17.9 Å². The van der Waals surface area contributed by atoms with E-state index in [4.69, 9.17) is 4.74 Å². The Labute approximate surface area is 250 Å². The molecule has 3 aliphatic heterocycles. The van der Waals surface area contributed by atoms with Gasteiger partial charge in [-0.25, -0.2) is 0 Å². The average Bonchev–Trinajstić information content (AvgIpc) is 3.50. The summed E-state index contributed by atoms with van der Waals surface area (Å²) in [6, 6.07) is 17.8. The SMILES string of the molecule is C/C(=C\c1cccc(O)c1)CC[C@H]1OC[C@H]2C1=C(C(C)C)C[C@H]1C(=O)N(C3CCN(Cc4ccccc4)CC3)C(=O)[C@H]12. The van der Waals surface area contributed by atoms with E-state index >= 15 is 0 Å². The summed E-state index contributed by atoms with van der Waals surface area (Å²) in [6.45, 7) is 9.78. The van der Waals surface area contributed by atoms with Crippen molar-refractivity contribution in [3.63, 3.8) is 0 Å². The summed E-state index contributed by atoms with van der Waals surface area (Å²) in [5.41, 5.74) is 6.15. The number of ether oxygens (including phenoxy) is 1. The molecule has 0 unspecified atom stereocenters. The molecule has 0 radical (unpaired) electrons. The number of nitrogens with zero attached hydrogens (tertiary/aromatic N) is 2. The third-order valence-corrected chi connectivity index (χ3v) is 9.93. The van der Waals surface area contributed by atoms with Crippen LogP contribution in [-0.2, 0) is 20.9 Å². The lowest BCUT2D eigenvalue weighted by Gasteiger charge is -2.36. The molecule has 1 aliphatic carbocycles. The number of phenolic OH excluding ortho intramolecular Hbond substituents is 1. The number of imide groups is 1. The maximum atomic E-state index is 14.0. The topological polar surface area (TPSA) is 70.1 Å². The average molecular weight is 569 g/mol. The van der Waals surface area contributed by atoms with Gasteiger partial charge in [0.1, 0.15) is 5.75 Å². The number of piperidine rings is 1. The maximum Gasteiger partial charge on any atom is 0.234 e. The molecule has 0 aromatic heterocycles. The normalized spacial score (nSPS) is 27.2. The highest BCUT2D eigenvalue weighted by Crippen LogP contribution is 2.52. The second-order valence-electron chi connectivity index (χ2n) is 13.1. The van der Waals surface area contributed by atoms with Crippen LogP contribution in [0.5, 0.6) is 5.75 Å². The second-order valence-corrected chi connectivity index (χ2v) is 13.1. The lowest BCUT2D eigenvalue weighted by molar-refractivity contribution is -0.144. The van der Waals surface area contributed by atoms with E-state index in [1.54, 1.807) is 17.0 Å². The molecule has 0 spiro atoms. The van der Waals surface area contributed by atoms with Crippen LogP contribution in [-0.4, -0.2) is 58.6 Å². The first kappa shape index (κ1) is 28.9. The van der Waals surface area contributed by atoms with Gasteiger partial charge in [-0.2, -0.15) is 0 Å². The Morgan fingerprint density at radius 2 is 1.79 bits per heavy atom. The zero-order valence-electron chi connectivity index (χ0n) is 25.2. The molecule has 222 valence electrons. The van der Waals surface area contributed by atoms with Crippen LogP contribution in [0.25, 0.3) is 6.08 Å². The number of allylic oxidation sites excluding steroid dienone is 2. The molecule has 3 fully saturated rings. The van der Waals surface area contributed by atoms with Gasteiger partial charge >= 0.3 is 0 Å². The molecule has 2 aromatic rings. The Morgan fingerprint density at radius 1 is 1.02 bits per heavy atom. The number of amides is 2. The van der Waals surface area contributed by atoms with Crippen LogP contribution in [0.3, 0.4) is 0 Å². The van der Waals surface area contributed by atoms with Gasteiger partial charge in [-0.05, 0) is 73.8 Å². The van der Waals surface area contributed by atoms with Gasteiger partial charge in [0.25, 0.3) is 0 Å². The number of fused-ring (bicyclic) bond motifs is 3. The van der Waals surface area contributed by atoms with E-state index in [9.17, 15) is 14.7 Å². The number of likely N-dealkylation sites (tertiary alicyclic amines) is 2. The van der Waals surface area contributed by atoms with Crippen molar-refractivity contribution in [2.45, 2.75) is 71.6 Å². The van der Waals surface area contributed by atoms with Gasteiger partial charge in [0.15, 0.2) is 0 Å². The fourth-order valence-corrected chi connectivity index (χ4v) is 7.85. The molecule has 42 heavy (non-hydrogen) atoms. The number of hydrogen-bond donors (Lipinski definition) is 1. The van der Waals surface area contributed by atoms with Gasteiger partial charge in [-0.1, -0.05) is 73.5 Å². The van der Waals surface area contributed by atoms with Crippen molar-refractivity contribution in [2.75, 3.05) is 19.7 Å². The molecule has 2 aromatic carbocycles. The van der Waals surface area contributed by atoms with E-state index in [0.29, 0.717) is 18.9 Å². The minimum atomic E-state index is -0.286. The highest BCUT2D eigenvalue weighted by Gasteiger charge is 2.58. The molecular formula is C36H44N2O4. The molecule has 3 heterocycles. The molecular weight excluding hydrogens is 524 g/mol. The summed E-state index contributed by atoms with van der Waals surface area (Å²) in [7, 11) is 0. The van der Waals surface area contributed by atoms with Crippen LogP contribution < -0.4 is 0 Å².